The van der Waals surface area contributed by atoms with Crippen LogP contribution in [0.15, 0.2) is 41.7 Å². The van der Waals surface area contributed by atoms with E-state index in [2.05, 4.69) is 50.9 Å². The minimum atomic E-state index is 0.420. The Labute approximate surface area is 127 Å². The molecule has 0 aliphatic heterocycles. The van der Waals surface area contributed by atoms with E-state index in [4.69, 9.17) is 5.73 Å². The second kappa shape index (κ2) is 6.24. The molecule has 0 aliphatic carbocycles. The van der Waals surface area contributed by atoms with Crippen molar-refractivity contribution in [1.82, 2.24) is 19.7 Å². The van der Waals surface area contributed by atoms with Crippen LogP contribution in [0, 0.1) is 0 Å². The summed E-state index contributed by atoms with van der Waals surface area (Å²) in [5.74, 6) is 1.69. The second-order valence-electron chi connectivity index (χ2n) is 4.67. The average Bonchev–Trinajstić information content (AvgIpc) is 2.94. The van der Waals surface area contributed by atoms with E-state index in [0.29, 0.717) is 6.54 Å². The number of nitrogens with zero attached hydrogens (tertiary/aromatic N) is 4. The van der Waals surface area contributed by atoms with Crippen LogP contribution in [-0.4, -0.2) is 19.7 Å². The first-order chi connectivity index (χ1) is 10.3. The molecular weight excluding hydrogens is 282 g/mol. The van der Waals surface area contributed by atoms with Gasteiger partial charge in [-0.2, -0.15) is 0 Å². The van der Waals surface area contributed by atoms with Gasteiger partial charge in [-0.05, 0) is 30.7 Å². The molecule has 0 saturated heterocycles. The summed E-state index contributed by atoms with van der Waals surface area (Å²) < 4.78 is 2.06. The summed E-state index contributed by atoms with van der Waals surface area (Å²) in [6.07, 6.45) is 1.81. The fourth-order valence-corrected chi connectivity index (χ4v) is 3.22. The summed E-state index contributed by atoms with van der Waals surface area (Å²) >= 11 is 1.68. The van der Waals surface area contributed by atoms with E-state index in [-0.39, 0.29) is 0 Å². The van der Waals surface area contributed by atoms with Crippen LogP contribution in [0.25, 0.3) is 10.9 Å². The number of hydrogen-bond donors (Lipinski definition) is 1. The largest absolute Gasteiger partial charge is 0.324 e. The van der Waals surface area contributed by atoms with E-state index in [1.807, 2.05) is 12.3 Å². The third-order valence-corrected chi connectivity index (χ3v) is 4.37. The van der Waals surface area contributed by atoms with E-state index < -0.39 is 0 Å². The van der Waals surface area contributed by atoms with Gasteiger partial charge in [0.15, 0.2) is 5.16 Å². The first kappa shape index (κ1) is 14.0. The molecule has 0 amide bonds. The van der Waals surface area contributed by atoms with Crippen LogP contribution in [0.3, 0.4) is 0 Å². The van der Waals surface area contributed by atoms with Crippen molar-refractivity contribution >= 4 is 22.7 Å². The van der Waals surface area contributed by atoms with Gasteiger partial charge in [0.2, 0.25) is 0 Å². The molecular formula is C15H17N5S. The number of benzene rings is 1. The van der Waals surface area contributed by atoms with Gasteiger partial charge in [0.1, 0.15) is 5.82 Å². The van der Waals surface area contributed by atoms with Gasteiger partial charge >= 0.3 is 0 Å². The Morgan fingerprint density at radius 3 is 2.95 bits per heavy atom. The molecule has 6 heteroatoms. The lowest BCUT2D eigenvalue weighted by Gasteiger charge is -2.06. The zero-order valence-electron chi connectivity index (χ0n) is 11.9. The summed E-state index contributed by atoms with van der Waals surface area (Å²) in [6.45, 7) is 3.33. The van der Waals surface area contributed by atoms with Gasteiger partial charge in [-0.25, -0.2) is 0 Å². The van der Waals surface area contributed by atoms with Crippen LogP contribution < -0.4 is 5.73 Å². The van der Waals surface area contributed by atoms with Gasteiger partial charge < -0.3 is 10.3 Å². The molecule has 0 fully saturated rings. The number of nitrogens with two attached hydrogens (primary N) is 1. The van der Waals surface area contributed by atoms with Crippen molar-refractivity contribution in [3.05, 3.63) is 47.9 Å². The molecule has 1 aromatic carbocycles. The minimum Gasteiger partial charge on any atom is -0.324 e. The number of pyridine rings is 1. The van der Waals surface area contributed by atoms with Crippen molar-refractivity contribution in [3.8, 4) is 0 Å². The van der Waals surface area contributed by atoms with Gasteiger partial charge in [0.05, 0.1) is 12.1 Å². The van der Waals surface area contributed by atoms with Crippen LogP contribution >= 0.6 is 11.8 Å². The highest BCUT2D eigenvalue weighted by atomic mass is 32.2. The molecule has 0 atom stereocenters. The van der Waals surface area contributed by atoms with Crippen LogP contribution in [0.2, 0.25) is 0 Å². The first-order valence-electron chi connectivity index (χ1n) is 6.90. The maximum absolute atomic E-state index is 5.67. The van der Waals surface area contributed by atoms with Crippen LogP contribution in [0.5, 0.6) is 0 Å². The number of fused-ring (bicyclic) bond motifs is 1. The zero-order valence-corrected chi connectivity index (χ0v) is 12.7. The quantitative estimate of drug-likeness (QED) is 0.733. The lowest BCUT2D eigenvalue weighted by Crippen LogP contribution is -2.08. The lowest BCUT2D eigenvalue weighted by molar-refractivity contribution is 0.643. The normalized spacial score (nSPS) is 11.1. The monoisotopic (exact) mass is 299 g/mol. The highest BCUT2D eigenvalue weighted by molar-refractivity contribution is 7.98. The summed E-state index contributed by atoms with van der Waals surface area (Å²) in [6, 6.07) is 10.4. The molecule has 0 bridgehead atoms. The average molecular weight is 299 g/mol. The SMILES string of the molecule is CCn1c(CN)nnc1SCc1ccc2ncccc2c1. The molecule has 3 aromatic rings. The number of thioether (sulfide) groups is 1. The van der Waals surface area contributed by atoms with E-state index >= 15 is 0 Å². The van der Waals surface area contributed by atoms with Crippen molar-refractivity contribution in [2.75, 3.05) is 0 Å². The van der Waals surface area contributed by atoms with Crippen LogP contribution in [0.4, 0.5) is 0 Å². The lowest BCUT2D eigenvalue weighted by atomic mass is 10.1. The molecule has 2 aromatic heterocycles. The van der Waals surface area contributed by atoms with Gasteiger partial charge in [-0.1, -0.05) is 23.9 Å². The summed E-state index contributed by atoms with van der Waals surface area (Å²) in [5, 5.41) is 10.4. The van der Waals surface area contributed by atoms with Gasteiger partial charge in [0, 0.05) is 23.9 Å². The van der Waals surface area contributed by atoms with Gasteiger partial charge in [-0.15, -0.1) is 10.2 Å². The standard InChI is InChI=1S/C15H17N5S/c1-2-20-14(9-16)18-19-15(20)21-10-11-5-6-13-12(8-11)4-3-7-17-13/h3-8H,2,9-10,16H2,1H3. The highest BCUT2D eigenvalue weighted by Crippen LogP contribution is 2.23. The molecule has 108 valence electrons. The molecule has 0 radical (unpaired) electrons. The summed E-state index contributed by atoms with van der Waals surface area (Å²) in [5.41, 5.74) is 7.94. The van der Waals surface area contributed by atoms with Crippen molar-refractivity contribution in [2.45, 2.75) is 30.9 Å². The molecule has 0 aliphatic rings. The van der Waals surface area contributed by atoms with E-state index in [1.165, 1.54) is 5.56 Å². The molecule has 2 heterocycles. The molecule has 0 saturated carbocycles. The van der Waals surface area contributed by atoms with Crippen molar-refractivity contribution in [3.63, 3.8) is 0 Å². The smallest absolute Gasteiger partial charge is 0.191 e. The van der Waals surface area contributed by atoms with Crippen LogP contribution in [0.1, 0.15) is 18.3 Å². The summed E-state index contributed by atoms with van der Waals surface area (Å²) in [7, 11) is 0. The topological polar surface area (TPSA) is 69.6 Å². The Balaban J connectivity index is 1.78. The fourth-order valence-electron chi connectivity index (χ4n) is 2.26. The molecule has 0 unspecified atom stereocenters. The Morgan fingerprint density at radius 2 is 2.14 bits per heavy atom. The Kier molecular flexibility index (Phi) is 4.17. The third-order valence-electron chi connectivity index (χ3n) is 3.33. The second-order valence-corrected chi connectivity index (χ2v) is 5.61. The predicted molar refractivity (Wildman–Crippen MR) is 84.9 cm³/mol. The first-order valence-corrected chi connectivity index (χ1v) is 7.89. The molecule has 5 nitrogen and oxygen atoms in total. The van der Waals surface area contributed by atoms with Gasteiger partial charge in [0.25, 0.3) is 0 Å². The summed E-state index contributed by atoms with van der Waals surface area (Å²) in [4.78, 5) is 4.34. The Hall–Kier alpha value is -1.92. The maximum atomic E-state index is 5.67. The van der Waals surface area contributed by atoms with E-state index in [0.717, 1.165) is 34.2 Å². The molecule has 0 spiro atoms. The maximum Gasteiger partial charge on any atom is 0.191 e. The third kappa shape index (κ3) is 2.91. The minimum absolute atomic E-state index is 0.420. The Bertz CT molecular complexity index is 753. The zero-order chi connectivity index (χ0) is 14.7. The van der Waals surface area contributed by atoms with Crippen molar-refractivity contribution in [1.29, 1.82) is 0 Å². The fraction of sp³-hybridized carbons (Fsp3) is 0.267. The van der Waals surface area contributed by atoms with E-state index in [1.54, 1.807) is 11.8 Å². The molecule has 3 rings (SSSR count). The van der Waals surface area contributed by atoms with Crippen molar-refractivity contribution < 1.29 is 0 Å². The molecule has 21 heavy (non-hydrogen) atoms. The number of hydrogen-bond acceptors (Lipinski definition) is 5. The Morgan fingerprint density at radius 1 is 1.24 bits per heavy atom. The number of rotatable bonds is 5. The van der Waals surface area contributed by atoms with E-state index in [9.17, 15) is 0 Å². The van der Waals surface area contributed by atoms with Gasteiger partial charge in [-0.3, -0.25) is 4.98 Å². The number of aromatic nitrogens is 4. The van der Waals surface area contributed by atoms with Crippen molar-refractivity contribution in [2.24, 2.45) is 5.73 Å². The molecule has 2 N–H and O–H groups in total. The van der Waals surface area contributed by atoms with Crippen LogP contribution in [-0.2, 0) is 18.8 Å². The predicted octanol–water partition coefficient (Wildman–Crippen LogP) is 2.60. The highest BCUT2D eigenvalue weighted by Gasteiger charge is 2.10.